The lowest BCUT2D eigenvalue weighted by atomic mass is 10.4. The molecule has 2 aromatic rings. The van der Waals surface area contributed by atoms with Crippen LogP contribution in [-0.4, -0.2) is 19.6 Å². The average Bonchev–Trinajstić information content (AvgIpc) is 2.88. The van der Waals surface area contributed by atoms with Crippen molar-refractivity contribution in [3.05, 3.63) is 56.4 Å². The van der Waals surface area contributed by atoms with Crippen LogP contribution in [-0.2, 0) is 10.0 Å². The quantitative estimate of drug-likeness (QED) is 0.511. The number of benzene rings is 1. The van der Waals surface area contributed by atoms with Crippen LogP contribution in [0, 0.1) is 10.1 Å². The van der Waals surface area contributed by atoms with Gasteiger partial charge < -0.3 is 0 Å². The topological polar surface area (TPSA) is 102 Å². The van der Waals surface area contributed by atoms with E-state index in [1.165, 1.54) is 42.6 Å². The molecule has 0 fully saturated rings. The van der Waals surface area contributed by atoms with Crippen molar-refractivity contribution in [3.63, 3.8) is 0 Å². The molecule has 7 nitrogen and oxygen atoms in total. The summed E-state index contributed by atoms with van der Waals surface area (Å²) in [5, 5.41) is 14.5. The lowest BCUT2D eigenvalue weighted by Gasteiger charge is -2.02. The Morgan fingerprint density at radius 1 is 1.24 bits per heavy atom. The van der Waals surface area contributed by atoms with E-state index in [-0.39, 0.29) is 9.90 Å². The van der Waals surface area contributed by atoms with Crippen LogP contribution in [0.15, 0.2) is 46.4 Å². The summed E-state index contributed by atoms with van der Waals surface area (Å²) in [5.74, 6) is 0. The number of nitrogens with zero attached hydrogens (tertiary/aromatic N) is 2. The molecular formula is C11H8ClN3O4S2. The van der Waals surface area contributed by atoms with Gasteiger partial charge in [-0.05, 0) is 30.3 Å². The molecule has 110 valence electrons. The maximum absolute atomic E-state index is 11.9. The SMILES string of the molecule is O=[N+]([O-])c1ccc(C=NNS(=O)(=O)c2ccc(Cl)cc2)s1. The van der Waals surface area contributed by atoms with E-state index in [2.05, 4.69) is 5.10 Å². The first-order valence-corrected chi connectivity index (χ1v) is 8.11. The third kappa shape index (κ3) is 4.00. The Morgan fingerprint density at radius 3 is 2.48 bits per heavy atom. The number of rotatable bonds is 5. The number of thiophene rings is 1. The molecule has 1 aromatic heterocycles. The average molecular weight is 346 g/mol. The molecule has 0 saturated heterocycles. The second-order valence-electron chi connectivity index (χ2n) is 3.74. The Balaban J connectivity index is 2.08. The Bertz CT molecular complexity index is 784. The molecule has 2 rings (SSSR count). The Kier molecular flexibility index (Phi) is 4.56. The number of nitrogens with one attached hydrogen (secondary N) is 1. The Morgan fingerprint density at radius 2 is 1.90 bits per heavy atom. The maximum Gasteiger partial charge on any atom is 0.324 e. The lowest BCUT2D eigenvalue weighted by molar-refractivity contribution is -0.380. The summed E-state index contributed by atoms with van der Waals surface area (Å²) in [7, 11) is -3.79. The zero-order chi connectivity index (χ0) is 15.5. The first kappa shape index (κ1) is 15.4. The fourth-order valence-electron chi connectivity index (χ4n) is 1.34. The molecule has 0 aliphatic rings. The Labute approximate surface area is 129 Å². The zero-order valence-electron chi connectivity index (χ0n) is 10.3. The maximum atomic E-state index is 11.9. The number of halogens is 1. The number of hydrogen-bond acceptors (Lipinski definition) is 6. The molecule has 10 heteroatoms. The zero-order valence-corrected chi connectivity index (χ0v) is 12.7. The molecule has 0 amide bonds. The van der Waals surface area contributed by atoms with Gasteiger partial charge in [-0.1, -0.05) is 22.9 Å². The van der Waals surface area contributed by atoms with Crippen LogP contribution in [0.1, 0.15) is 4.88 Å². The summed E-state index contributed by atoms with van der Waals surface area (Å²) < 4.78 is 23.7. The summed E-state index contributed by atoms with van der Waals surface area (Å²) >= 11 is 6.56. The summed E-state index contributed by atoms with van der Waals surface area (Å²) in [6, 6.07) is 8.37. The molecular weight excluding hydrogens is 338 g/mol. The second kappa shape index (κ2) is 6.20. The predicted molar refractivity (Wildman–Crippen MR) is 80.3 cm³/mol. The van der Waals surface area contributed by atoms with E-state index >= 15 is 0 Å². The molecule has 0 saturated carbocycles. The van der Waals surface area contributed by atoms with Crippen molar-refractivity contribution in [1.29, 1.82) is 0 Å². The van der Waals surface area contributed by atoms with Crippen LogP contribution >= 0.6 is 22.9 Å². The van der Waals surface area contributed by atoms with Gasteiger partial charge in [0.15, 0.2) is 0 Å². The van der Waals surface area contributed by atoms with Gasteiger partial charge in [-0.15, -0.1) is 0 Å². The molecule has 0 spiro atoms. The molecule has 0 radical (unpaired) electrons. The van der Waals surface area contributed by atoms with Gasteiger partial charge in [0.1, 0.15) is 0 Å². The number of sulfonamides is 1. The van der Waals surface area contributed by atoms with Crippen LogP contribution in [0.4, 0.5) is 5.00 Å². The van der Waals surface area contributed by atoms with E-state index in [9.17, 15) is 18.5 Å². The van der Waals surface area contributed by atoms with Crippen LogP contribution in [0.3, 0.4) is 0 Å². The first-order chi connectivity index (χ1) is 9.88. The van der Waals surface area contributed by atoms with Gasteiger partial charge in [-0.25, -0.2) is 4.83 Å². The summed E-state index contributed by atoms with van der Waals surface area (Å²) in [4.78, 5) is 12.5. The smallest absolute Gasteiger partial charge is 0.258 e. The molecule has 0 aliphatic carbocycles. The van der Waals surface area contributed by atoms with Gasteiger partial charge in [-0.3, -0.25) is 10.1 Å². The lowest BCUT2D eigenvalue weighted by Crippen LogP contribution is -2.18. The number of hydrogen-bond donors (Lipinski definition) is 1. The molecule has 0 aliphatic heterocycles. The highest BCUT2D eigenvalue weighted by atomic mass is 35.5. The van der Waals surface area contributed by atoms with Crippen molar-refractivity contribution in [2.24, 2.45) is 5.10 Å². The predicted octanol–water partition coefficient (Wildman–Crippen LogP) is 2.62. The van der Waals surface area contributed by atoms with Crippen molar-refractivity contribution < 1.29 is 13.3 Å². The molecule has 0 bridgehead atoms. The van der Waals surface area contributed by atoms with Gasteiger partial charge in [0, 0.05) is 11.1 Å². The summed E-state index contributed by atoms with van der Waals surface area (Å²) in [6.07, 6.45) is 1.20. The standard InChI is InChI=1S/C11H8ClN3O4S2/c12-8-1-4-10(5-2-8)21(18,19)14-13-7-9-3-6-11(20-9)15(16)17/h1-7,14H. The summed E-state index contributed by atoms with van der Waals surface area (Å²) in [6.45, 7) is 0. The minimum Gasteiger partial charge on any atom is -0.258 e. The van der Waals surface area contributed by atoms with E-state index in [1.54, 1.807) is 0 Å². The van der Waals surface area contributed by atoms with E-state index < -0.39 is 14.9 Å². The van der Waals surface area contributed by atoms with Gasteiger partial charge in [0.25, 0.3) is 10.0 Å². The highest BCUT2D eigenvalue weighted by Crippen LogP contribution is 2.22. The van der Waals surface area contributed by atoms with E-state index in [4.69, 9.17) is 11.6 Å². The van der Waals surface area contributed by atoms with Crippen LogP contribution in [0.25, 0.3) is 0 Å². The third-order valence-corrected chi connectivity index (χ3v) is 4.74. The van der Waals surface area contributed by atoms with Crippen molar-refractivity contribution in [2.45, 2.75) is 4.90 Å². The highest BCUT2D eigenvalue weighted by molar-refractivity contribution is 7.89. The van der Waals surface area contributed by atoms with Crippen molar-refractivity contribution in [1.82, 2.24) is 4.83 Å². The minimum absolute atomic E-state index is 0.0150. The van der Waals surface area contributed by atoms with Crippen molar-refractivity contribution >= 4 is 44.2 Å². The second-order valence-corrected chi connectivity index (χ2v) is 6.93. The number of hydrazone groups is 1. The third-order valence-electron chi connectivity index (χ3n) is 2.28. The largest absolute Gasteiger partial charge is 0.324 e. The monoisotopic (exact) mass is 345 g/mol. The fraction of sp³-hybridized carbons (Fsp3) is 0. The van der Waals surface area contributed by atoms with E-state index in [0.29, 0.717) is 9.90 Å². The van der Waals surface area contributed by atoms with Crippen LogP contribution in [0.2, 0.25) is 5.02 Å². The van der Waals surface area contributed by atoms with Gasteiger partial charge >= 0.3 is 5.00 Å². The summed E-state index contributed by atoms with van der Waals surface area (Å²) in [5.41, 5.74) is 0. The van der Waals surface area contributed by atoms with Gasteiger partial charge in [0.05, 0.1) is 20.9 Å². The van der Waals surface area contributed by atoms with Crippen LogP contribution in [0.5, 0.6) is 0 Å². The molecule has 1 aromatic carbocycles. The number of nitro groups is 1. The van der Waals surface area contributed by atoms with Gasteiger partial charge in [0.2, 0.25) is 0 Å². The van der Waals surface area contributed by atoms with E-state index in [1.807, 2.05) is 4.83 Å². The van der Waals surface area contributed by atoms with Crippen LogP contribution < -0.4 is 4.83 Å². The highest BCUT2D eigenvalue weighted by Gasteiger charge is 2.12. The first-order valence-electron chi connectivity index (χ1n) is 5.43. The molecule has 21 heavy (non-hydrogen) atoms. The van der Waals surface area contributed by atoms with Gasteiger partial charge in [-0.2, -0.15) is 13.5 Å². The molecule has 1 heterocycles. The van der Waals surface area contributed by atoms with Crippen molar-refractivity contribution in [3.8, 4) is 0 Å². The Hall–Kier alpha value is -1.97. The minimum atomic E-state index is -3.79. The molecule has 1 N–H and O–H groups in total. The molecule has 0 unspecified atom stereocenters. The van der Waals surface area contributed by atoms with Crippen molar-refractivity contribution in [2.75, 3.05) is 0 Å². The normalized spacial score (nSPS) is 11.7. The van der Waals surface area contributed by atoms with E-state index in [0.717, 1.165) is 11.3 Å². The fourth-order valence-corrected chi connectivity index (χ4v) is 2.95. The molecule has 0 atom stereocenters.